The van der Waals surface area contributed by atoms with Gasteiger partial charge in [0, 0.05) is 5.56 Å². The molecule has 0 radical (unpaired) electrons. The quantitative estimate of drug-likeness (QED) is 0.755. The Morgan fingerprint density at radius 1 is 1.23 bits per heavy atom. The summed E-state index contributed by atoms with van der Waals surface area (Å²) >= 11 is 0. The summed E-state index contributed by atoms with van der Waals surface area (Å²) in [4.78, 5) is -0.745. The Labute approximate surface area is 73.8 Å². The van der Waals surface area contributed by atoms with E-state index in [1.165, 1.54) is 12.1 Å². The Kier molecular flexibility index (Phi) is 2.63. The SMILES string of the molecule is O=S(=O)(O)c1ccccc1C(F)F. The molecule has 1 aromatic carbocycles. The van der Waals surface area contributed by atoms with Gasteiger partial charge in [0.1, 0.15) is 4.90 Å². The molecule has 6 heteroatoms. The van der Waals surface area contributed by atoms with Gasteiger partial charge in [-0.3, -0.25) is 4.55 Å². The number of halogens is 2. The minimum Gasteiger partial charge on any atom is -0.282 e. The summed E-state index contributed by atoms with van der Waals surface area (Å²) in [5, 5.41) is 0. The highest BCUT2D eigenvalue weighted by molar-refractivity contribution is 7.85. The maximum Gasteiger partial charge on any atom is 0.295 e. The Morgan fingerprint density at radius 2 is 1.77 bits per heavy atom. The molecule has 0 aliphatic rings. The third-order valence-electron chi connectivity index (χ3n) is 1.43. The van der Waals surface area contributed by atoms with E-state index >= 15 is 0 Å². The van der Waals surface area contributed by atoms with Gasteiger partial charge in [0.2, 0.25) is 0 Å². The molecule has 0 aliphatic carbocycles. The zero-order valence-electron chi connectivity index (χ0n) is 6.31. The Hall–Kier alpha value is -1.01. The molecule has 0 spiro atoms. The highest BCUT2D eigenvalue weighted by Crippen LogP contribution is 2.25. The van der Waals surface area contributed by atoms with Gasteiger partial charge in [-0.05, 0) is 6.07 Å². The van der Waals surface area contributed by atoms with Gasteiger partial charge in [0.15, 0.2) is 0 Å². The standard InChI is InChI=1S/C7H6F2O3S/c8-7(9)5-3-1-2-4-6(5)13(10,11)12/h1-4,7H,(H,10,11,12). The molecule has 0 saturated carbocycles. The van der Waals surface area contributed by atoms with E-state index in [2.05, 4.69) is 0 Å². The van der Waals surface area contributed by atoms with Crippen molar-refractivity contribution >= 4 is 10.1 Å². The molecule has 0 bridgehead atoms. The van der Waals surface area contributed by atoms with Crippen LogP contribution in [0.3, 0.4) is 0 Å². The lowest BCUT2D eigenvalue weighted by molar-refractivity contribution is 0.147. The van der Waals surface area contributed by atoms with E-state index in [1.807, 2.05) is 0 Å². The number of hydrogen-bond acceptors (Lipinski definition) is 2. The summed E-state index contributed by atoms with van der Waals surface area (Å²) in [5.74, 6) is 0. The van der Waals surface area contributed by atoms with Crippen LogP contribution in [0, 0.1) is 0 Å². The highest BCUT2D eigenvalue weighted by atomic mass is 32.2. The summed E-state index contributed by atoms with van der Waals surface area (Å²) in [6.45, 7) is 0. The molecular weight excluding hydrogens is 202 g/mol. The van der Waals surface area contributed by atoms with Crippen molar-refractivity contribution < 1.29 is 21.8 Å². The summed E-state index contributed by atoms with van der Waals surface area (Å²) in [5.41, 5.74) is -0.690. The molecule has 0 aromatic heterocycles. The van der Waals surface area contributed by atoms with Crippen molar-refractivity contribution in [3.8, 4) is 0 Å². The van der Waals surface area contributed by atoms with Crippen molar-refractivity contribution in [3.05, 3.63) is 29.8 Å². The van der Waals surface area contributed by atoms with E-state index in [4.69, 9.17) is 4.55 Å². The van der Waals surface area contributed by atoms with Crippen LogP contribution in [0.2, 0.25) is 0 Å². The second-order valence-electron chi connectivity index (χ2n) is 2.31. The van der Waals surface area contributed by atoms with Crippen LogP contribution in [-0.4, -0.2) is 13.0 Å². The predicted octanol–water partition coefficient (Wildman–Crippen LogP) is 1.87. The third-order valence-corrected chi connectivity index (χ3v) is 2.36. The fourth-order valence-corrected chi connectivity index (χ4v) is 1.60. The Bertz CT molecular complexity index is 400. The first-order chi connectivity index (χ1) is 5.93. The van der Waals surface area contributed by atoms with Crippen molar-refractivity contribution in [1.82, 2.24) is 0 Å². The molecule has 0 heterocycles. The second-order valence-corrected chi connectivity index (χ2v) is 3.70. The smallest absolute Gasteiger partial charge is 0.282 e. The first-order valence-corrected chi connectivity index (χ1v) is 4.71. The molecule has 72 valence electrons. The van der Waals surface area contributed by atoms with Crippen molar-refractivity contribution in [2.75, 3.05) is 0 Å². The number of alkyl halides is 2. The van der Waals surface area contributed by atoms with Crippen molar-refractivity contribution in [2.45, 2.75) is 11.3 Å². The van der Waals surface area contributed by atoms with Crippen LogP contribution < -0.4 is 0 Å². The van der Waals surface area contributed by atoms with Crippen LogP contribution in [0.5, 0.6) is 0 Å². The molecule has 1 aromatic rings. The van der Waals surface area contributed by atoms with E-state index < -0.39 is 27.0 Å². The van der Waals surface area contributed by atoms with Crippen LogP contribution in [0.4, 0.5) is 8.78 Å². The van der Waals surface area contributed by atoms with Gasteiger partial charge in [0.05, 0.1) is 0 Å². The fourth-order valence-electron chi connectivity index (χ4n) is 0.896. The molecule has 0 aliphatic heterocycles. The van der Waals surface area contributed by atoms with E-state index in [1.54, 1.807) is 0 Å². The van der Waals surface area contributed by atoms with Crippen LogP contribution in [0.1, 0.15) is 12.0 Å². The van der Waals surface area contributed by atoms with E-state index in [0.29, 0.717) is 0 Å². The van der Waals surface area contributed by atoms with Crippen LogP contribution in [-0.2, 0) is 10.1 Å². The average Bonchev–Trinajstić information content (AvgIpc) is 2.03. The summed E-state index contributed by atoms with van der Waals surface area (Å²) < 4.78 is 54.1. The monoisotopic (exact) mass is 208 g/mol. The molecule has 0 amide bonds. The lowest BCUT2D eigenvalue weighted by Gasteiger charge is -2.04. The largest absolute Gasteiger partial charge is 0.295 e. The molecule has 13 heavy (non-hydrogen) atoms. The maximum absolute atomic E-state index is 12.2. The lowest BCUT2D eigenvalue weighted by atomic mass is 10.2. The minimum atomic E-state index is -4.56. The van der Waals surface area contributed by atoms with Gasteiger partial charge in [-0.15, -0.1) is 0 Å². The lowest BCUT2D eigenvalue weighted by Crippen LogP contribution is -2.02. The zero-order valence-corrected chi connectivity index (χ0v) is 7.13. The van der Waals surface area contributed by atoms with E-state index in [-0.39, 0.29) is 0 Å². The average molecular weight is 208 g/mol. The molecule has 0 saturated heterocycles. The van der Waals surface area contributed by atoms with Gasteiger partial charge >= 0.3 is 0 Å². The summed E-state index contributed by atoms with van der Waals surface area (Å²) in [6.07, 6.45) is -2.92. The fraction of sp³-hybridized carbons (Fsp3) is 0.143. The van der Waals surface area contributed by atoms with E-state index in [0.717, 1.165) is 12.1 Å². The van der Waals surface area contributed by atoms with Gasteiger partial charge < -0.3 is 0 Å². The van der Waals surface area contributed by atoms with Crippen LogP contribution in [0.25, 0.3) is 0 Å². The molecule has 3 nitrogen and oxygen atoms in total. The highest BCUT2D eigenvalue weighted by Gasteiger charge is 2.20. The second kappa shape index (κ2) is 3.39. The molecular formula is C7H6F2O3S. The van der Waals surface area contributed by atoms with Crippen molar-refractivity contribution in [1.29, 1.82) is 0 Å². The van der Waals surface area contributed by atoms with Gasteiger partial charge in [-0.1, -0.05) is 18.2 Å². The maximum atomic E-state index is 12.2. The third kappa shape index (κ3) is 2.22. The number of hydrogen-bond donors (Lipinski definition) is 1. The minimum absolute atomic E-state index is 0.690. The Balaban J connectivity index is 3.37. The summed E-state index contributed by atoms with van der Waals surface area (Å²) in [6, 6.07) is 4.41. The zero-order chi connectivity index (χ0) is 10.1. The summed E-state index contributed by atoms with van der Waals surface area (Å²) in [7, 11) is -4.56. The first kappa shape index (κ1) is 10.1. The van der Waals surface area contributed by atoms with Gasteiger partial charge in [-0.2, -0.15) is 8.42 Å². The number of benzene rings is 1. The normalized spacial score (nSPS) is 12.0. The molecule has 1 rings (SSSR count). The molecule has 0 fully saturated rings. The topological polar surface area (TPSA) is 54.4 Å². The molecule has 1 N–H and O–H groups in total. The van der Waals surface area contributed by atoms with Crippen LogP contribution in [0.15, 0.2) is 29.2 Å². The molecule has 0 unspecified atom stereocenters. The number of rotatable bonds is 2. The predicted molar refractivity (Wildman–Crippen MR) is 41.2 cm³/mol. The van der Waals surface area contributed by atoms with Crippen molar-refractivity contribution in [3.63, 3.8) is 0 Å². The van der Waals surface area contributed by atoms with E-state index in [9.17, 15) is 17.2 Å². The molecule has 0 atom stereocenters. The Morgan fingerprint density at radius 3 is 2.15 bits per heavy atom. The van der Waals surface area contributed by atoms with Gasteiger partial charge in [0.25, 0.3) is 16.5 Å². The van der Waals surface area contributed by atoms with Crippen molar-refractivity contribution in [2.24, 2.45) is 0 Å². The van der Waals surface area contributed by atoms with Crippen LogP contribution >= 0.6 is 0 Å². The van der Waals surface area contributed by atoms with Gasteiger partial charge in [-0.25, -0.2) is 8.78 Å². The first-order valence-electron chi connectivity index (χ1n) is 3.27.